The molecule has 0 radical (unpaired) electrons. The van der Waals surface area contributed by atoms with Crippen molar-refractivity contribution in [2.75, 3.05) is 7.11 Å². The number of nitrogens with zero attached hydrogens (tertiary/aromatic N) is 2. The lowest BCUT2D eigenvalue weighted by molar-refractivity contribution is -0.385. The Morgan fingerprint density at radius 3 is 2.79 bits per heavy atom. The van der Waals surface area contributed by atoms with Crippen LogP contribution in [0.3, 0.4) is 0 Å². The molecule has 1 aromatic rings. The van der Waals surface area contributed by atoms with Crippen molar-refractivity contribution in [1.29, 1.82) is 5.26 Å². The summed E-state index contributed by atoms with van der Waals surface area (Å²) >= 11 is 0. The number of nitriles is 1. The number of nitro groups is 1. The first-order valence-electron chi connectivity index (χ1n) is 5.42. The number of methoxy groups -OCH3 is 1. The maximum Gasteiger partial charge on any atom is 0.338 e. The Morgan fingerprint density at radius 2 is 2.26 bits per heavy atom. The molecule has 19 heavy (non-hydrogen) atoms. The molecule has 1 rings (SSSR count). The number of rotatable bonds is 4. The predicted molar refractivity (Wildman–Crippen MR) is 68.4 cm³/mol. The van der Waals surface area contributed by atoms with Crippen molar-refractivity contribution < 1.29 is 14.5 Å². The molecule has 0 atom stereocenters. The number of allylic oxidation sites excluding steroid dienone is 1. The van der Waals surface area contributed by atoms with E-state index < -0.39 is 10.9 Å². The number of nitro benzene ring substituents is 1. The van der Waals surface area contributed by atoms with Gasteiger partial charge in [0.05, 0.1) is 30.1 Å². The zero-order valence-electron chi connectivity index (χ0n) is 10.5. The molecule has 6 heteroatoms. The topological polar surface area (TPSA) is 93.2 Å². The fourth-order valence-electron chi connectivity index (χ4n) is 1.58. The Kier molecular flexibility index (Phi) is 4.77. The minimum atomic E-state index is -0.629. The summed E-state index contributed by atoms with van der Waals surface area (Å²) < 4.78 is 4.59. The van der Waals surface area contributed by atoms with Gasteiger partial charge in [0, 0.05) is 11.6 Å². The quantitative estimate of drug-likeness (QED) is 0.471. The Balaban J connectivity index is 3.36. The first-order valence-corrected chi connectivity index (χ1v) is 5.42. The zero-order valence-corrected chi connectivity index (χ0v) is 10.5. The highest BCUT2D eigenvalue weighted by Gasteiger charge is 2.20. The van der Waals surface area contributed by atoms with Crippen molar-refractivity contribution in [3.05, 3.63) is 45.0 Å². The second kappa shape index (κ2) is 6.31. The number of ether oxygens (including phenoxy) is 1. The van der Waals surface area contributed by atoms with Crippen LogP contribution in [0.4, 0.5) is 5.69 Å². The number of benzene rings is 1. The maximum atomic E-state index is 11.6. The van der Waals surface area contributed by atoms with Gasteiger partial charge in [-0.1, -0.05) is 12.2 Å². The molecule has 0 fully saturated rings. The molecule has 6 nitrogen and oxygen atoms in total. The average Bonchev–Trinajstić information content (AvgIpc) is 2.39. The van der Waals surface area contributed by atoms with E-state index in [1.54, 1.807) is 12.2 Å². The summed E-state index contributed by atoms with van der Waals surface area (Å²) in [6, 6.07) is 4.78. The number of hydrogen-bond donors (Lipinski definition) is 0. The average molecular weight is 260 g/mol. The van der Waals surface area contributed by atoms with Gasteiger partial charge >= 0.3 is 5.97 Å². The van der Waals surface area contributed by atoms with Gasteiger partial charge in [-0.3, -0.25) is 10.1 Å². The van der Waals surface area contributed by atoms with E-state index in [4.69, 9.17) is 5.26 Å². The Labute approximate surface area is 110 Å². The van der Waals surface area contributed by atoms with E-state index in [1.807, 2.05) is 6.07 Å². The van der Waals surface area contributed by atoms with Gasteiger partial charge in [0.1, 0.15) is 0 Å². The van der Waals surface area contributed by atoms with E-state index in [-0.39, 0.29) is 23.2 Å². The Bertz CT molecular complexity index is 585. The van der Waals surface area contributed by atoms with Gasteiger partial charge in [0.2, 0.25) is 0 Å². The lowest BCUT2D eigenvalue weighted by Crippen LogP contribution is -2.06. The fourth-order valence-corrected chi connectivity index (χ4v) is 1.58. The zero-order chi connectivity index (χ0) is 14.4. The second-order valence-corrected chi connectivity index (χ2v) is 3.73. The van der Waals surface area contributed by atoms with Gasteiger partial charge in [-0.25, -0.2) is 4.79 Å². The van der Waals surface area contributed by atoms with E-state index in [0.717, 1.165) is 0 Å². The molecule has 98 valence electrons. The summed E-state index contributed by atoms with van der Waals surface area (Å²) in [6.07, 6.45) is 3.31. The highest BCUT2D eigenvalue weighted by atomic mass is 16.6. The minimum Gasteiger partial charge on any atom is -0.465 e. The van der Waals surface area contributed by atoms with Gasteiger partial charge in [-0.05, 0) is 18.6 Å². The van der Waals surface area contributed by atoms with E-state index in [9.17, 15) is 14.9 Å². The van der Waals surface area contributed by atoms with Crippen LogP contribution in [0.2, 0.25) is 0 Å². The molecule has 0 heterocycles. The van der Waals surface area contributed by atoms with Crippen LogP contribution in [0.15, 0.2) is 18.2 Å². The number of esters is 1. The van der Waals surface area contributed by atoms with Crippen molar-refractivity contribution >= 4 is 17.7 Å². The van der Waals surface area contributed by atoms with E-state index in [1.165, 1.54) is 26.2 Å². The standard InChI is InChI=1S/C13H12N2O4/c1-9-11(13(16)19-2)7-10(5-3-4-6-14)8-12(9)15(17)18/h3,5,7-8H,4H2,1-2H3. The van der Waals surface area contributed by atoms with Crippen molar-refractivity contribution in [1.82, 2.24) is 0 Å². The molecule has 0 aliphatic carbocycles. The summed E-state index contributed by atoms with van der Waals surface area (Å²) in [5.74, 6) is -0.629. The van der Waals surface area contributed by atoms with Crippen LogP contribution >= 0.6 is 0 Å². The third kappa shape index (κ3) is 3.39. The third-order valence-electron chi connectivity index (χ3n) is 2.52. The van der Waals surface area contributed by atoms with Crippen LogP contribution in [0, 0.1) is 28.4 Å². The van der Waals surface area contributed by atoms with Crippen molar-refractivity contribution in [2.45, 2.75) is 13.3 Å². The summed E-state index contributed by atoms with van der Waals surface area (Å²) in [6.45, 7) is 1.49. The summed E-state index contributed by atoms with van der Waals surface area (Å²) in [4.78, 5) is 22.0. The van der Waals surface area contributed by atoms with Gasteiger partial charge in [0.15, 0.2) is 0 Å². The SMILES string of the molecule is COC(=O)c1cc(C=CCC#N)cc([N+](=O)[O-])c1C. The van der Waals surface area contributed by atoms with Crippen LogP contribution in [0.5, 0.6) is 0 Å². The molecule has 0 N–H and O–H groups in total. The molecule has 0 saturated carbocycles. The molecule has 0 spiro atoms. The predicted octanol–water partition coefficient (Wildman–Crippen LogP) is 2.62. The lowest BCUT2D eigenvalue weighted by atomic mass is 10.0. The van der Waals surface area contributed by atoms with E-state index >= 15 is 0 Å². The van der Waals surface area contributed by atoms with Crippen LogP contribution < -0.4 is 0 Å². The molecular weight excluding hydrogens is 248 g/mol. The number of carbonyl (C=O) groups is 1. The monoisotopic (exact) mass is 260 g/mol. The smallest absolute Gasteiger partial charge is 0.338 e. The molecule has 0 amide bonds. The molecule has 0 aliphatic rings. The van der Waals surface area contributed by atoms with Gasteiger partial charge in [0.25, 0.3) is 5.69 Å². The molecule has 0 bridgehead atoms. The number of carbonyl (C=O) groups excluding carboxylic acids is 1. The second-order valence-electron chi connectivity index (χ2n) is 3.73. The minimum absolute atomic E-state index is 0.147. The first kappa shape index (κ1) is 14.4. The Morgan fingerprint density at radius 1 is 1.58 bits per heavy atom. The third-order valence-corrected chi connectivity index (χ3v) is 2.52. The highest BCUT2D eigenvalue weighted by molar-refractivity contribution is 5.93. The molecule has 0 unspecified atom stereocenters. The Hall–Kier alpha value is -2.68. The van der Waals surface area contributed by atoms with Gasteiger partial charge in [-0.2, -0.15) is 5.26 Å². The van der Waals surface area contributed by atoms with Crippen LogP contribution in [-0.4, -0.2) is 18.0 Å². The summed E-state index contributed by atoms with van der Waals surface area (Å²) in [7, 11) is 1.21. The normalized spacial score (nSPS) is 10.2. The number of hydrogen-bond acceptors (Lipinski definition) is 5. The van der Waals surface area contributed by atoms with Gasteiger partial charge in [-0.15, -0.1) is 0 Å². The van der Waals surface area contributed by atoms with Crippen LogP contribution in [-0.2, 0) is 4.74 Å². The highest BCUT2D eigenvalue weighted by Crippen LogP contribution is 2.25. The summed E-state index contributed by atoms with van der Waals surface area (Å²) in [5, 5.41) is 19.4. The molecule has 0 saturated heterocycles. The maximum absolute atomic E-state index is 11.6. The first-order chi connectivity index (χ1) is 9.01. The van der Waals surface area contributed by atoms with Crippen molar-refractivity contribution in [3.63, 3.8) is 0 Å². The van der Waals surface area contributed by atoms with E-state index in [0.29, 0.717) is 5.56 Å². The molecular formula is C13H12N2O4. The largest absolute Gasteiger partial charge is 0.465 e. The molecule has 0 aromatic heterocycles. The van der Waals surface area contributed by atoms with Crippen molar-refractivity contribution in [2.24, 2.45) is 0 Å². The summed E-state index contributed by atoms with van der Waals surface area (Å²) in [5.41, 5.74) is 0.732. The van der Waals surface area contributed by atoms with Gasteiger partial charge < -0.3 is 4.74 Å². The van der Waals surface area contributed by atoms with Crippen molar-refractivity contribution in [3.8, 4) is 6.07 Å². The van der Waals surface area contributed by atoms with Crippen LogP contribution in [0.25, 0.3) is 6.08 Å². The van der Waals surface area contributed by atoms with E-state index in [2.05, 4.69) is 4.74 Å². The van der Waals surface area contributed by atoms with Crippen LogP contribution in [0.1, 0.15) is 27.9 Å². The lowest BCUT2D eigenvalue weighted by Gasteiger charge is -2.06. The fraction of sp³-hybridized carbons (Fsp3) is 0.231. The molecule has 1 aromatic carbocycles. The molecule has 0 aliphatic heterocycles.